The van der Waals surface area contributed by atoms with Gasteiger partial charge in [0.2, 0.25) is 5.91 Å². The van der Waals surface area contributed by atoms with Gasteiger partial charge in [-0.2, -0.15) is 0 Å². The maximum atomic E-state index is 12.0. The maximum absolute atomic E-state index is 12.0. The van der Waals surface area contributed by atoms with E-state index in [0.29, 0.717) is 13.1 Å². The molecule has 0 aliphatic carbocycles. The molecule has 2 aromatic rings. The molecular formula is C16H21N4O2S+. The number of amides is 2. The molecule has 23 heavy (non-hydrogen) atoms. The highest BCUT2D eigenvalue weighted by molar-refractivity contribution is 7.09. The van der Waals surface area contributed by atoms with Gasteiger partial charge in [0.25, 0.3) is 5.91 Å². The summed E-state index contributed by atoms with van der Waals surface area (Å²) in [5.74, 6) is -0.0953. The average Bonchev–Trinajstić information content (AvgIpc) is 2.96. The molecule has 7 heteroatoms. The van der Waals surface area contributed by atoms with Crippen molar-refractivity contribution >= 4 is 28.8 Å². The van der Waals surface area contributed by atoms with Crippen LogP contribution in [-0.2, 0) is 22.6 Å². The van der Waals surface area contributed by atoms with Crippen molar-refractivity contribution in [2.24, 2.45) is 0 Å². The largest absolute Gasteiger partial charge is 0.354 e. The van der Waals surface area contributed by atoms with Gasteiger partial charge in [0.15, 0.2) is 6.54 Å². The van der Waals surface area contributed by atoms with Crippen LogP contribution in [0.1, 0.15) is 16.3 Å². The highest BCUT2D eigenvalue weighted by atomic mass is 32.1. The number of benzene rings is 1. The lowest BCUT2D eigenvalue weighted by molar-refractivity contribution is -0.660. The number of carbonyl (C=O) groups excluding carboxylic acids is 2. The minimum atomic E-state index is -0.0795. The van der Waals surface area contributed by atoms with E-state index < -0.39 is 0 Å². The van der Waals surface area contributed by atoms with Gasteiger partial charge in [-0.25, -0.2) is 4.98 Å². The number of nitrogens with two attached hydrogens (primary N) is 1. The number of thiazole rings is 1. The van der Waals surface area contributed by atoms with E-state index in [0.717, 1.165) is 22.0 Å². The Morgan fingerprint density at radius 3 is 2.65 bits per heavy atom. The van der Waals surface area contributed by atoms with Gasteiger partial charge in [-0.1, -0.05) is 17.7 Å². The van der Waals surface area contributed by atoms with E-state index in [1.165, 1.54) is 11.3 Å². The molecule has 2 rings (SSSR count). The number of likely N-dealkylation sites (N-methyl/N-ethyl adjacent to an activating group) is 1. The Hall–Kier alpha value is -2.25. The molecule has 0 unspecified atom stereocenters. The number of anilines is 1. The molecule has 4 N–H and O–H groups in total. The van der Waals surface area contributed by atoms with Gasteiger partial charge in [0, 0.05) is 18.1 Å². The Kier molecular flexibility index (Phi) is 6.25. The van der Waals surface area contributed by atoms with Crippen molar-refractivity contribution in [2.75, 3.05) is 18.9 Å². The number of rotatable bonds is 7. The number of aromatic nitrogens is 1. The zero-order valence-electron chi connectivity index (χ0n) is 13.3. The molecular weight excluding hydrogens is 312 g/mol. The van der Waals surface area contributed by atoms with Crippen molar-refractivity contribution in [3.63, 3.8) is 0 Å². The summed E-state index contributed by atoms with van der Waals surface area (Å²) in [5.41, 5.74) is 2.83. The van der Waals surface area contributed by atoms with Crippen LogP contribution in [0.5, 0.6) is 0 Å². The summed E-state index contributed by atoms with van der Waals surface area (Å²) in [6, 6.07) is 7.68. The van der Waals surface area contributed by atoms with Crippen LogP contribution in [0.4, 0.5) is 5.69 Å². The summed E-state index contributed by atoms with van der Waals surface area (Å²) < 4.78 is 0. The fraction of sp³-hybridized carbons (Fsp3) is 0.312. The lowest BCUT2D eigenvalue weighted by atomic mass is 10.2. The summed E-state index contributed by atoms with van der Waals surface area (Å²) in [6.07, 6.45) is 0.258. The normalized spacial score (nSPS) is 10.3. The van der Waals surface area contributed by atoms with Crippen LogP contribution in [0.2, 0.25) is 0 Å². The van der Waals surface area contributed by atoms with Crippen molar-refractivity contribution in [2.45, 2.75) is 19.9 Å². The summed E-state index contributed by atoms with van der Waals surface area (Å²) >= 11 is 1.46. The summed E-state index contributed by atoms with van der Waals surface area (Å²) in [7, 11) is 1.61. The zero-order chi connectivity index (χ0) is 16.7. The molecule has 1 aromatic carbocycles. The monoisotopic (exact) mass is 333 g/mol. The second-order valence-electron chi connectivity index (χ2n) is 5.19. The lowest BCUT2D eigenvalue weighted by Gasteiger charge is -2.04. The van der Waals surface area contributed by atoms with E-state index in [2.05, 4.69) is 15.6 Å². The van der Waals surface area contributed by atoms with Crippen LogP contribution in [0.15, 0.2) is 29.6 Å². The van der Waals surface area contributed by atoms with Crippen molar-refractivity contribution in [3.8, 4) is 0 Å². The molecule has 0 aliphatic rings. The second kappa shape index (κ2) is 8.40. The summed E-state index contributed by atoms with van der Waals surface area (Å²) in [4.78, 5) is 27.6. The molecule has 122 valence electrons. The van der Waals surface area contributed by atoms with Gasteiger partial charge in [-0.3, -0.25) is 9.59 Å². The van der Waals surface area contributed by atoms with Crippen LogP contribution < -0.4 is 16.0 Å². The van der Waals surface area contributed by atoms with Crippen molar-refractivity contribution in [1.82, 2.24) is 10.3 Å². The average molecular weight is 333 g/mol. The zero-order valence-corrected chi connectivity index (χ0v) is 14.1. The minimum Gasteiger partial charge on any atom is -0.354 e. The molecule has 2 amide bonds. The number of aryl methyl sites for hydroxylation is 1. The first kappa shape index (κ1) is 17.1. The van der Waals surface area contributed by atoms with Crippen LogP contribution >= 0.6 is 11.3 Å². The van der Waals surface area contributed by atoms with Crippen LogP contribution in [0.3, 0.4) is 0 Å². The predicted molar refractivity (Wildman–Crippen MR) is 90.2 cm³/mol. The molecule has 0 fully saturated rings. The van der Waals surface area contributed by atoms with E-state index in [1.54, 1.807) is 7.05 Å². The summed E-state index contributed by atoms with van der Waals surface area (Å²) in [5, 5.41) is 10.0. The van der Waals surface area contributed by atoms with Gasteiger partial charge in [-0.05, 0) is 19.1 Å². The molecule has 1 aromatic heterocycles. The smallest absolute Gasteiger partial charge is 0.274 e. The number of nitrogens with zero attached hydrogens (tertiary/aromatic N) is 1. The van der Waals surface area contributed by atoms with Crippen molar-refractivity contribution in [3.05, 3.63) is 45.9 Å². The molecule has 0 atom stereocenters. The summed E-state index contributed by atoms with van der Waals surface area (Å²) in [6.45, 7) is 3.00. The van der Waals surface area contributed by atoms with Crippen LogP contribution in [0, 0.1) is 6.92 Å². The Balaban J connectivity index is 1.80. The van der Waals surface area contributed by atoms with Gasteiger partial charge in [0.1, 0.15) is 17.2 Å². The quantitative estimate of drug-likeness (QED) is 0.687. The Labute approximate surface area is 139 Å². The Bertz CT molecular complexity index is 667. The molecule has 0 bridgehead atoms. The fourth-order valence-corrected chi connectivity index (χ4v) is 2.76. The molecule has 0 saturated heterocycles. The first-order valence-corrected chi connectivity index (χ1v) is 8.27. The third kappa shape index (κ3) is 5.80. The molecule has 0 radical (unpaired) electrons. The minimum absolute atomic E-state index is 0.0158. The van der Waals surface area contributed by atoms with Crippen molar-refractivity contribution in [1.29, 1.82) is 0 Å². The maximum Gasteiger partial charge on any atom is 0.274 e. The molecule has 0 saturated carbocycles. The SMILES string of the molecule is CNC(=O)C[NH2+]Cc1csc(CC(=O)Nc2ccc(C)cc2)n1. The fourth-order valence-electron chi connectivity index (χ4n) is 1.96. The first-order chi connectivity index (χ1) is 11.1. The standard InChI is InChI=1S/C16H20N4O2S/c1-11-3-5-12(6-4-11)19-14(21)7-16-20-13(10-23-16)8-18-9-15(22)17-2/h3-6,10,18H,7-9H2,1-2H3,(H,17,22)(H,19,21)/p+1. The second-order valence-corrected chi connectivity index (χ2v) is 6.14. The lowest BCUT2D eigenvalue weighted by Crippen LogP contribution is -2.85. The molecule has 0 aliphatic heterocycles. The third-order valence-electron chi connectivity index (χ3n) is 3.21. The van der Waals surface area contributed by atoms with Gasteiger partial charge in [-0.15, -0.1) is 11.3 Å². The Morgan fingerprint density at radius 2 is 1.96 bits per heavy atom. The van der Waals surface area contributed by atoms with E-state index in [9.17, 15) is 9.59 Å². The third-order valence-corrected chi connectivity index (χ3v) is 4.11. The molecule has 6 nitrogen and oxygen atoms in total. The predicted octanol–water partition coefficient (Wildman–Crippen LogP) is 0.442. The number of quaternary nitrogens is 1. The number of hydrogen-bond donors (Lipinski definition) is 3. The number of carbonyl (C=O) groups is 2. The van der Waals surface area contributed by atoms with Gasteiger partial charge in [0.05, 0.1) is 6.42 Å². The van der Waals surface area contributed by atoms with E-state index in [1.807, 2.05) is 41.9 Å². The van der Waals surface area contributed by atoms with E-state index in [-0.39, 0.29) is 18.2 Å². The molecule has 0 spiro atoms. The van der Waals surface area contributed by atoms with Gasteiger partial charge >= 0.3 is 0 Å². The topological polar surface area (TPSA) is 87.7 Å². The van der Waals surface area contributed by atoms with E-state index >= 15 is 0 Å². The van der Waals surface area contributed by atoms with Crippen LogP contribution in [-0.4, -0.2) is 30.4 Å². The van der Waals surface area contributed by atoms with E-state index in [4.69, 9.17) is 0 Å². The highest BCUT2D eigenvalue weighted by Gasteiger charge is 2.10. The first-order valence-electron chi connectivity index (χ1n) is 7.39. The van der Waals surface area contributed by atoms with Crippen LogP contribution in [0.25, 0.3) is 0 Å². The van der Waals surface area contributed by atoms with Crippen molar-refractivity contribution < 1.29 is 14.9 Å². The van der Waals surface area contributed by atoms with Gasteiger partial charge < -0.3 is 16.0 Å². The molecule has 1 heterocycles. The number of nitrogens with one attached hydrogen (secondary N) is 2. The number of hydrogen-bond acceptors (Lipinski definition) is 4. The Morgan fingerprint density at radius 1 is 1.22 bits per heavy atom. The highest BCUT2D eigenvalue weighted by Crippen LogP contribution is 2.12.